The lowest BCUT2D eigenvalue weighted by Gasteiger charge is -2.24. The molecule has 0 radical (unpaired) electrons. The number of aliphatic carboxylic acids is 1. The minimum absolute atomic E-state index is 0.0248. The number of rotatable bonds is 16. The van der Waals surface area contributed by atoms with Crippen LogP contribution >= 0.6 is 11.6 Å². The fourth-order valence-electron chi connectivity index (χ4n) is 4.74. The number of aromatic nitrogens is 1. The zero-order valence-electron chi connectivity index (χ0n) is 23.0. The highest BCUT2D eigenvalue weighted by atomic mass is 35.5. The number of carbonyl (C=O) groups excluding carboxylic acids is 1. The number of hydrogen-bond acceptors (Lipinski definition) is 7. The van der Waals surface area contributed by atoms with E-state index in [4.69, 9.17) is 26.1 Å². The van der Waals surface area contributed by atoms with Crippen LogP contribution in [0.2, 0.25) is 5.02 Å². The van der Waals surface area contributed by atoms with Crippen molar-refractivity contribution in [3.8, 4) is 0 Å². The summed E-state index contributed by atoms with van der Waals surface area (Å²) in [6, 6.07) is 8.68. The Morgan fingerprint density at radius 3 is 2.82 bits per heavy atom. The first-order valence-electron chi connectivity index (χ1n) is 13.8. The van der Waals surface area contributed by atoms with Crippen LogP contribution in [0.3, 0.4) is 0 Å². The average Bonchev–Trinajstić information content (AvgIpc) is 2.94. The van der Waals surface area contributed by atoms with E-state index in [1.165, 1.54) is 5.56 Å². The molecule has 10 heteroatoms. The third kappa shape index (κ3) is 9.98. The number of halogens is 1. The van der Waals surface area contributed by atoms with Gasteiger partial charge in [0.15, 0.2) is 0 Å². The number of anilines is 1. The van der Waals surface area contributed by atoms with Gasteiger partial charge in [-0.3, -0.25) is 0 Å². The fraction of sp³-hybridized carbons (Fsp3) is 0.552. The molecule has 1 aromatic carbocycles. The van der Waals surface area contributed by atoms with E-state index in [2.05, 4.69) is 27.7 Å². The van der Waals surface area contributed by atoms with Gasteiger partial charge in [-0.15, -0.1) is 0 Å². The van der Waals surface area contributed by atoms with Crippen LogP contribution in [0.1, 0.15) is 55.0 Å². The topological polar surface area (TPSA) is 113 Å². The van der Waals surface area contributed by atoms with Gasteiger partial charge in [0.1, 0.15) is 18.5 Å². The quantitative estimate of drug-likeness (QED) is 0.253. The summed E-state index contributed by atoms with van der Waals surface area (Å²) >= 11 is 6.23. The minimum atomic E-state index is -1.09. The van der Waals surface area contributed by atoms with Crippen molar-refractivity contribution in [1.29, 1.82) is 0 Å². The molecule has 0 aliphatic carbocycles. The number of carboxylic acid groups (broad SMARTS) is 1. The van der Waals surface area contributed by atoms with Crippen LogP contribution in [0, 0.1) is 0 Å². The van der Waals surface area contributed by atoms with Crippen molar-refractivity contribution in [2.75, 3.05) is 45.2 Å². The van der Waals surface area contributed by atoms with Crippen molar-refractivity contribution in [2.45, 2.75) is 64.5 Å². The molecule has 2 aromatic rings. The molecule has 0 bridgehead atoms. The number of nitrogens with one attached hydrogen (secondary N) is 2. The number of alkyl carbamates (subject to hydrolysis) is 1. The Kier molecular flexibility index (Phi) is 12.8. The first-order chi connectivity index (χ1) is 18.9. The van der Waals surface area contributed by atoms with E-state index in [9.17, 15) is 14.7 Å². The maximum Gasteiger partial charge on any atom is 0.408 e. The number of benzene rings is 1. The standard InChI is InChI=1S/C29H41ClN4O5/c1-3-24-22(8-6-11-25(24)30)20-39-29(37)33-26(28(35)36)14-17-34(18-19-38-2)16-5-4-10-23-13-12-21-9-7-15-31-27(21)32-23/h6,8,11-13,26H,3-5,7,9-10,14-20H2,1-2H3,(H,31,32)(H,33,37)(H,35,36). The van der Waals surface area contributed by atoms with E-state index in [1.54, 1.807) is 19.2 Å². The maximum atomic E-state index is 12.4. The Morgan fingerprint density at radius 2 is 2.05 bits per heavy atom. The van der Waals surface area contributed by atoms with Crippen molar-refractivity contribution < 1.29 is 24.2 Å². The SMILES string of the molecule is CCc1c(Cl)cccc1COC(=O)NC(CCN(CCCCc1ccc2c(n1)NCCC2)CCOC)C(=O)O. The molecule has 0 saturated heterocycles. The second-order valence-electron chi connectivity index (χ2n) is 9.76. The van der Waals surface area contributed by atoms with Crippen molar-refractivity contribution in [2.24, 2.45) is 0 Å². The van der Waals surface area contributed by atoms with Gasteiger partial charge < -0.3 is 30.1 Å². The van der Waals surface area contributed by atoms with Gasteiger partial charge >= 0.3 is 12.1 Å². The molecule has 214 valence electrons. The van der Waals surface area contributed by atoms with Crippen LogP contribution in [0.4, 0.5) is 10.6 Å². The largest absolute Gasteiger partial charge is 0.480 e. The molecule has 1 unspecified atom stereocenters. The molecule has 3 rings (SSSR count). The van der Waals surface area contributed by atoms with Crippen molar-refractivity contribution in [1.82, 2.24) is 15.2 Å². The predicted molar refractivity (Wildman–Crippen MR) is 152 cm³/mol. The molecule has 0 saturated carbocycles. The summed E-state index contributed by atoms with van der Waals surface area (Å²) in [7, 11) is 1.65. The molecule has 2 heterocycles. The number of methoxy groups -OCH3 is 1. The van der Waals surface area contributed by atoms with Crippen molar-refractivity contribution >= 4 is 29.5 Å². The van der Waals surface area contributed by atoms with Gasteiger partial charge in [0.05, 0.1) is 6.61 Å². The number of nitrogens with zero attached hydrogens (tertiary/aromatic N) is 2. The highest BCUT2D eigenvalue weighted by Crippen LogP contribution is 2.22. The molecule has 9 nitrogen and oxygen atoms in total. The van der Waals surface area contributed by atoms with Crippen LogP contribution in [0.5, 0.6) is 0 Å². The van der Waals surface area contributed by atoms with Gasteiger partial charge in [-0.1, -0.05) is 36.7 Å². The zero-order valence-corrected chi connectivity index (χ0v) is 23.8. The number of amides is 1. The summed E-state index contributed by atoms with van der Waals surface area (Å²) in [5.41, 5.74) is 4.09. The molecular weight excluding hydrogens is 520 g/mol. The van der Waals surface area contributed by atoms with Crippen molar-refractivity contribution in [3.63, 3.8) is 0 Å². The van der Waals surface area contributed by atoms with Crippen LogP contribution in [0.15, 0.2) is 30.3 Å². The molecule has 1 aliphatic rings. The van der Waals surface area contributed by atoms with E-state index in [1.807, 2.05) is 13.0 Å². The molecule has 1 aromatic heterocycles. The normalized spacial score (nSPS) is 13.4. The first kappa shape index (κ1) is 30.7. The molecule has 1 atom stereocenters. The lowest BCUT2D eigenvalue weighted by molar-refractivity contribution is -0.139. The number of fused-ring (bicyclic) bond motifs is 1. The first-order valence-corrected chi connectivity index (χ1v) is 14.1. The summed E-state index contributed by atoms with van der Waals surface area (Å²) in [4.78, 5) is 31.2. The van der Waals surface area contributed by atoms with E-state index in [-0.39, 0.29) is 13.0 Å². The predicted octanol–water partition coefficient (Wildman–Crippen LogP) is 4.70. The number of pyridine rings is 1. The van der Waals surface area contributed by atoms with E-state index >= 15 is 0 Å². The lowest BCUT2D eigenvalue weighted by Crippen LogP contribution is -2.43. The second-order valence-corrected chi connectivity index (χ2v) is 10.2. The van der Waals surface area contributed by atoms with E-state index in [0.29, 0.717) is 31.1 Å². The van der Waals surface area contributed by atoms with Crippen LogP contribution in [-0.2, 0) is 40.1 Å². The van der Waals surface area contributed by atoms with Gasteiger partial charge in [0, 0.05) is 37.5 Å². The lowest BCUT2D eigenvalue weighted by atomic mass is 10.1. The van der Waals surface area contributed by atoms with Gasteiger partial charge in [-0.05, 0) is 80.3 Å². The number of carbonyl (C=O) groups is 2. The summed E-state index contributed by atoms with van der Waals surface area (Å²) in [6.07, 6.45) is 5.24. The Bertz CT molecular complexity index is 1080. The fourth-order valence-corrected chi connectivity index (χ4v) is 5.06. The Hall–Kier alpha value is -2.88. The summed E-state index contributed by atoms with van der Waals surface area (Å²) in [5, 5.41) is 16.2. The summed E-state index contributed by atoms with van der Waals surface area (Å²) < 4.78 is 10.6. The van der Waals surface area contributed by atoms with Gasteiger partial charge in [0.25, 0.3) is 0 Å². The van der Waals surface area contributed by atoms with Crippen molar-refractivity contribution in [3.05, 3.63) is 57.7 Å². The molecule has 1 amide bonds. The van der Waals surface area contributed by atoms with Gasteiger partial charge in [-0.25, -0.2) is 14.6 Å². The summed E-state index contributed by atoms with van der Waals surface area (Å²) in [5.74, 6) is -0.0766. The molecule has 0 fully saturated rings. The average molecular weight is 561 g/mol. The zero-order chi connectivity index (χ0) is 28.0. The van der Waals surface area contributed by atoms with E-state index < -0.39 is 18.1 Å². The molecular formula is C29H41ClN4O5. The highest BCUT2D eigenvalue weighted by molar-refractivity contribution is 6.31. The number of hydrogen-bond donors (Lipinski definition) is 3. The third-order valence-corrected chi connectivity index (χ3v) is 7.33. The molecule has 1 aliphatic heterocycles. The molecule has 3 N–H and O–H groups in total. The number of ether oxygens (including phenoxy) is 2. The van der Waals surface area contributed by atoms with E-state index in [0.717, 1.165) is 67.8 Å². The molecule has 39 heavy (non-hydrogen) atoms. The summed E-state index contributed by atoms with van der Waals surface area (Å²) in [6.45, 7) is 5.52. The van der Waals surface area contributed by atoms with Gasteiger partial charge in [0.2, 0.25) is 0 Å². The Morgan fingerprint density at radius 1 is 1.21 bits per heavy atom. The number of carboxylic acids is 1. The van der Waals surface area contributed by atoms with Crippen LogP contribution < -0.4 is 10.6 Å². The highest BCUT2D eigenvalue weighted by Gasteiger charge is 2.22. The second kappa shape index (κ2) is 16.3. The maximum absolute atomic E-state index is 12.4. The third-order valence-electron chi connectivity index (χ3n) is 6.97. The van der Waals surface area contributed by atoms with Gasteiger partial charge in [-0.2, -0.15) is 0 Å². The minimum Gasteiger partial charge on any atom is -0.480 e. The van der Waals surface area contributed by atoms with Crippen LogP contribution in [-0.4, -0.2) is 73.0 Å². The Labute approximate surface area is 236 Å². The monoisotopic (exact) mass is 560 g/mol. The Balaban J connectivity index is 1.45. The van der Waals surface area contributed by atoms with Crippen LogP contribution in [0.25, 0.3) is 0 Å². The number of aryl methyl sites for hydroxylation is 2. The smallest absolute Gasteiger partial charge is 0.408 e. The number of unbranched alkanes of at least 4 members (excludes halogenated alkanes) is 1. The molecule has 0 spiro atoms.